The van der Waals surface area contributed by atoms with Gasteiger partial charge in [-0.05, 0) is 18.1 Å². The minimum atomic E-state index is 0.391. The van der Waals surface area contributed by atoms with E-state index in [1.54, 1.807) is 12.1 Å². The molecule has 106 valence electrons. The topological polar surface area (TPSA) is 52.0 Å². The lowest BCUT2D eigenvalue weighted by Crippen LogP contribution is -1.99. The second kappa shape index (κ2) is 5.66. The summed E-state index contributed by atoms with van der Waals surface area (Å²) in [6, 6.07) is 5.38. The molecule has 3 rings (SSSR count). The Balaban J connectivity index is 1.97. The summed E-state index contributed by atoms with van der Waals surface area (Å²) in [4.78, 5) is 0. The molecule has 1 fully saturated rings. The molecule has 0 aliphatic heterocycles. The Kier molecular flexibility index (Phi) is 3.90. The van der Waals surface area contributed by atoms with E-state index in [0.29, 0.717) is 21.8 Å². The molecule has 1 aromatic carbocycles. The van der Waals surface area contributed by atoms with Crippen LogP contribution in [0.2, 0.25) is 10.0 Å². The van der Waals surface area contributed by atoms with Gasteiger partial charge in [-0.25, -0.2) is 0 Å². The molecule has 20 heavy (non-hydrogen) atoms. The van der Waals surface area contributed by atoms with Gasteiger partial charge in [-0.1, -0.05) is 60.1 Å². The van der Waals surface area contributed by atoms with Crippen LogP contribution >= 0.6 is 23.2 Å². The van der Waals surface area contributed by atoms with E-state index in [9.17, 15) is 0 Å². The Morgan fingerprint density at radius 2 is 2.00 bits per heavy atom. The summed E-state index contributed by atoms with van der Waals surface area (Å²) in [6.07, 6.45) is 5.96. The monoisotopic (exact) mass is 310 g/mol. The van der Waals surface area contributed by atoms with E-state index in [1.807, 2.05) is 6.07 Å². The lowest BCUT2D eigenvalue weighted by atomic mass is 9.97. The first kappa shape index (κ1) is 13.8. The summed E-state index contributed by atoms with van der Waals surface area (Å²) in [7, 11) is 0. The van der Waals surface area contributed by atoms with Crippen molar-refractivity contribution in [2.45, 2.75) is 32.1 Å². The van der Waals surface area contributed by atoms with Gasteiger partial charge in [-0.15, -0.1) is 0 Å². The predicted molar refractivity (Wildman–Crippen MR) is 82.0 cm³/mol. The van der Waals surface area contributed by atoms with Gasteiger partial charge in [-0.3, -0.25) is 0 Å². The number of benzene rings is 1. The third-order valence-electron chi connectivity index (χ3n) is 3.94. The zero-order chi connectivity index (χ0) is 14.1. The fraction of sp³-hybridized carbons (Fsp3) is 0.400. The Bertz CT molecular complexity index is 618. The molecule has 0 atom stereocenters. The standard InChI is InChI=1S/C15H16Cl2N2O/c16-10-5-6-11(12(17)8-10)14-13(20-19-15(14)18)7-9-3-1-2-4-9/h5-6,8-9H,1-4,7H2,(H2,18,19). The number of nitrogen functional groups attached to an aromatic ring is 1. The van der Waals surface area contributed by atoms with Gasteiger partial charge in [0.2, 0.25) is 0 Å². The third-order valence-corrected chi connectivity index (χ3v) is 4.49. The van der Waals surface area contributed by atoms with E-state index in [4.69, 9.17) is 33.5 Å². The van der Waals surface area contributed by atoms with Crippen molar-refractivity contribution in [2.75, 3.05) is 5.73 Å². The quantitative estimate of drug-likeness (QED) is 0.871. The smallest absolute Gasteiger partial charge is 0.175 e. The van der Waals surface area contributed by atoms with Crippen molar-refractivity contribution in [3.05, 3.63) is 34.0 Å². The van der Waals surface area contributed by atoms with Crippen LogP contribution in [0.4, 0.5) is 5.82 Å². The second-order valence-corrected chi connectivity index (χ2v) is 6.19. The normalized spacial score (nSPS) is 15.9. The number of nitrogens with two attached hydrogens (primary N) is 1. The van der Waals surface area contributed by atoms with Crippen LogP contribution in [0.15, 0.2) is 22.7 Å². The van der Waals surface area contributed by atoms with Gasteiger partial charge < -0.3 is 10.3 Å². The Labute approximate surface area is 128 Å². The summed E-state index contributed by atoms with van der Waals surface area (Å²) in [5.41, 5.74) is 7.61. The molecule has 5 heteroatoms. The average molecular weight is 311 g/mol. The van der Waals surface area contributed by atoms with Gasteiger partial charge in [0.25, 0.3) is 0 Å². The molecule has 0 unspecified atom stereocenters. The van der Waals surface area contributed by atoms with Crippen LogP contribution in [0.5, 0.6) is 0 Å². The van der Waals surface area contributed by atoms with E-state index < -0.39 is 0 Å². The molecule has 0 bridgehead atoms. The van der Waals surface area contributed by atoms with Gasteiger partial charge in [-0.2, -0.15) is 0 Å². The molecule has 3 nitrogen and oxygen atoms in total. The highest BCUT2D eigenvalue weighted by molar-refractivity contribution is 6.36. The molecule has 2 aromatic rings. The molecule has 1 aliphatic carbocycles. The fourth-order valence-electron chi connectivity index (χ4n) is 2.93. The molecule has 1 aromatic heterocycles. The number of halogens is 2. The highest BCUT2D eigenvalue weighted by Gasteiger charge is 2.23. The SMILES string of the molecule is Nc1noc(CC2CCCC2)c1-c1ccc(Cl)cc1Cl. The lowest BCUT2D eigenvalue weighted by Gasteiger charge is -2.09. The zero-order valence-corrected chi connectivity index (χ0v) is 12.5. The van der Waals surface area contributed by atoms with Crippen molar-refractivity contribution in [1.29, 1.82) is 0 Å². The summed E-state index contributed by atoms with van der Waals surface area (Å²) in [6.45, 7) is 0. The van der Waals surface area contributed by atoms with Crippen LogP contribution in [0.3, 0.4) is 0 Å². The maximum atomic E-state index is 6.27. The third kappa shape index (κ3) is 2.65. The van der Waals surface area contributed by atoms with Crippen molar-refractivity contribution >= 4 is 29.0 Å². The molecule has 1 heterocycles. The molecule has 0 amide bonds. The van der Waals surface area contributed by atoms with Gasteiger partial charge in [0.15, 0.2) is 5.82 Å². The minimum absolute atomic E-state index is 0.391. The maximum Gasteiger partial charge on any atom is 0.175 e. The van der Waals surface area contributed by atoms with E-state index in [2.05, 4.69) is 5.16 Å². The first-order valence-electron chi connectivity index (χ1n) is 6.84. The second-order valence-electron chi connectivity index (χ2n) is 5.34. The molecular weight excluding hydrogens is 295 g/mol. The molecule has 1 aliphatic rings. The van der Waals surface area contributed by atoms with Gasteiger partial charge in [0.05, 0.1) is 10.6 Å². The van der Waals surface area contributed by atoms with Crippen LogP contribution in [0.25, 0.3) is 11.1 Å². The average Bonchev–Trinajstić information content (AvgIpc) is 3.02. The van der Waals surface area contributed by atoms with E-state index in [1.165, 1.54) is 25.7 Å². The van der Waals surface area contributed by atoms with E-state index in [-0.39, 0.29) is 0 Å². The molecule has 0 radical (unpaired) electrons. The van der Waals surface area contributed by atoms with Gasteiger partial charge in [0.1, 0.15) is 5.76 Å². The Hall–Kier alpha value is -1.19. The number of rotatable bonds is 3. The Morgan fingerprint density at radius 1 is 1.25 bits per heavy atom. The first-order valence-corrected chi connectivity index (χ1v) is 7.60. The van der Waals surface area contributed by atoms with E-state index >= 15 is 0 Å². The Morgan fingerprint density at radius 3 is 2.70 bits per heavy atom. The molecule has 1 saturated carbocycles. The first-order chi connectivity index (χ1) is 9.65. The molecule has 2 N–H and O–H groups in total. The van der Waals surface area contributed by atoms with Crippen molar-refractivity contribution in [3.63, 3.8) is 0 Å². The summed E-state index contributed by atoms with van der Waals surface area (Å²) in [5, 5.41) is 5.08. The fourth-order valence-corrected chi connectivity index (χ4v) is 3.44. The zero-order valence-electron chi connectivity index (χ0n) is 11.0. The van der Waals surface area contributed by atoms with E-state index in [0.717, 1.165) is 23.3 Å². The molecule has 0 saturated heterocycles. The van der Waals surface area contributed by atoms with Crippen molar-refractivity contribution < 1.29 is 4.52 Å². The van der Waals surface area contributed by atoms with Crippen molar-refractivity contribution in [1.82, 2.24) is 5.16 Å². The van der Waals surface area contributed by atoms with Crippen molar-refractivity contribution in [2.24, 2.45) is 5.92 Å². The minimum Gasteiger partial charge on any atom is -0.380 e. The van der Waals surface area contributed by atoms with Gasteiger partial charge >= 0.3 is 0 Å². The van der Waals surface area contributed by atoms with Gasteiger partial charge in [0, 0.05) is 17.0 Å². The highest BCUT2D eigenvalue weighted by Crippen LogP contribution is 2.38. The number of aromatic nitrogens is 1. The molecule has 0 spiro atoms. The highest BCUT2D eigenvalue weighted by atomic mass is 35.5. The van der Waals surface area contributed by atoms with Crippen molar-refractivity contribution in [3.8, 4) is 11.1 Å². The number of nitrogens with zero attached hydrogens (tertiary/aromatic N) is 1. The van der Waals surface area contributed by atoms with Crippen LogP contribution in [-0.2, 0) is 6.42 Å². The summed E-state index contributed by atoms with van der Waals surface area (Å²) < 4.78 is 5.43. The number of hydrogen-bond donors (Lipinski definition) is 1. The van der Waals surface area contributed by atoms with Crippen LogP contribution in [-0.4, -0.2) is 5.16 Å². The predicted octanol–water partition coefficient (Wildman–Crippen LogP) is 4.96. The summed E-state index contributed by atoms with van der Waals surface area (Å²) >= 11 is 12.2. The summed E-state index contributed by atoms with van der Waals surface area (Å²) in [5.74, 6) is 1.88. The van der Waals surface area contributed by atoms with Crippen LogP contribution < -0.4 is 5.73 Å². The molecular formula is C15H16Cl2N2O. The lowest BCUT2D eigenvalue weighted by molar-refractivity contribution is 0.362. The van der Waals surface area contributed by atoms with Crippen LogP contribution in [0, 0.1) is 5.92 Å². The number of hydrogen-bond acceptors (Lipinski definition) is 3. The number of anilines is 1. The maximum absolute atomic E-state index is 6.27. The largest absolute Gasteiger partial charge is 0.380 e. The van der Waals surface area contributed by atoms with Crippen LogP contribution in [0.1, 0.15) is 31.4 Å².